The first-order chi connectivity index (χ1) is 6.29. The lowest BCUT2D eigenvalue weighted by molar-refractivity contribution is 0.227. The van der Waals surface area contributed by atoms with Crippen molar-refractivity contribution in [2.24, 2.45) is 0 Å². The third-order valence-electron chi connectivity index (χ3n) is 2.04. The molecule has 1 aromatic carbocycles. The quantitative estimate of drug-likeness (QED) is 0.714. The Morgan fingerprint density at radius 1 is 1.23 bits per heavy atom. The highest BCUT2D eigenvalue weighted by Crippen LogP contribution is 2.21. The number of rotatable bonds is 1. The molecule has 0 fully saturated rings. The lowest BCUT2D eigenvalue weighted by atomic mass is 10.1. The highest BCUT2D eigenvalue weighted by molar-refractivity contribution is 5.82. The SMILES string of the molecule is [CH2]C(O)c1ccnc2ccccc12. The van der Waals surface area contributed by atoms with Gasteiger partial charge in [0.1, 0.15) is 0 Å². The predicted molar refractivity (Wildman–Crippen MR) is 52.1 cm³/mol. The molecule has 2 rings (SSSR count). The van der Waals surface area contributed by atoms with E-state index < -0.39 is 6.10 Å². The maximum atomic E-state index is 9.38. The summed E-state index contributed by atoms with van der Waals surface area (Å²) in [6.45, 7) is 3.59. The monoisotopic (exact) mass is 172 g/mol. The summed E-state index contributed by atoms with van der Waals surface area (Å²) < 4.78 is 0. The van der Waals surface area contributed by atoms with Crippen LogP contribution >= 0.6 is 0 Å². The molecule has 0 bridgehead atoms. The van der Waals surface area contributed by atoms with Crippen LogP contribution in [0.4, 0.5) is 0 Å². The standard InChI is InChI=1S/C11H10NO/c1-8(13)9-6-7-12-11-5-3-2-4-10(9)11/h2-8,13H,1H2. The molecule has 1 radical (unpaired) electrons. The van der Waals surface area contributed by atoms with Crippen molar-refractivity contribution < 1.29 is 5.11 Å². The Hall–Kier alpha value is -1.41. The van der Waals surface area contributed by atoms with E-state index in [-0.39, 0.29) is 0 Å². The number of fused-ring (bicyclic) bond motifs is 1. The molecular weight excluding hydrogens is 162 g/mol. The van der Waals surface area contributed by atoms with E-state index in [1.54, 1.807) is 12.3 Å². The Morgan fingerprint density at radius 2 is 2.00 bits per heavy atom. The number of para-hydroxylation sites is 1. The van der Waals surface area contributed by atoms with E-state index in [4.69, 9.17) is 0 Å². The molecular formula is C11H10NO. The molecule has 1 atom stereocenters. The minimum absolute atomic E-state index is 0.687. The van der Waals surface area contributed by atoms with Gasteiger partial charge < -0.3 is 5.11 Å². The normalized spacial score (nSPS) is 13.1. The van der Waals surface area contributed by atoms with Crippen LogP contribution in [0.2, 0.25) is 0 Å². The van der Waals surface area contributed by atoms with Gasteiger partial charge >= 0.3 is 0 Å². The zero-order valence-electron chi connectivity index (χ0n) is 7.14. The minimum Gasteiger partial charge on any atom is -0.388 e. The van der Waals surface area contributed by atoms with Crippen molar-refractivity contribution in [2.75, 3.05) is 0 Å². The van der Waals surface area contributed by atoms with E-state index in [1.807, 2.05) is 24.3 Å². The zero-order valence-corrected chi connectivity index (χ0v) is 7.14. The van der Waals surface area contributed by atoms with Crippen LogP contribution < -0.4 is 0 Å². The van der Waals surface area contributed by atoms with Gasteiger partial charge in [0.2, 0.25) is 0 Å². The van der Waals surface area contributed by atoms with Gasteiger partial charge in [-0.25, -0.2) is 0 Å². The summed E-state index contributed by atoms with van der Waals surface area (Å²) in [5.74, 6) is 0. The van der Waals surface area contributed by atoms with Crippen LogP contribution in [0.15, 0.2) is 36.5 Å². The molecule has 0 saturated heterocycles. The van der Waals surface area contributed by atoms with E-state index in [0.717, 1.165) is 16.5 Å². The molecule has 0 saturated carbocycles. The molecule has 1 heterocycles. The van der Waals surface area contributed by atoms with Crippen molar-refractivity contribution in [2.45, 2.75) is 6.10 Å². The number of aliphatic hydroxyl groups excluding tert-OH is 1. The molecule has 2 nitrogen and oxygen atoms in total. The highest BCUT2D eigenvalue weighted by Gasteiger charge is 2.05. The van der Waals surface area contributed by atoms with Crippen molar-refractivity contribution in [3.05, 3.63) is 49.0 Å². The van der Waals surface area contributed by atoms with Gasteiger partial charge in [-0.3, -0.25) is 4.98 Å². The van der Waals surface area contributed by atoms with Gasteiger partial charge in [0, 0.05) is 11.6 Å². The number of aromatic nitrogens is 1. The van der Waals surface area contributed by atoms with Crippen molar-refractivity contribution >= 4 is 10.9 Å². The highest BCUT2D eigenvalue weighted by atomic mass is 16.3. The average Bonchev–Trinajstić information content (AvgIpc) is 2.17. The molecule has 1 unspecified atom stereocenters. The van der Waals surface area contributed by atoms with E-state index >= 15 is 0 Å². The lowest BCUT2D eigenvalue weighted by Gasteiger charge is -2.07. The van der Waals surface area contributed by atoms with E-state index in [1.165, 1.54) is 0 Å². The minimum atomic E-state index is -0.687. The first-order valence-corrected chi connectivity index (χ1v) is 4.14. The molecule has 0 aliphatic carbocycles. The molecule has 1 N–H and O–H groups in total. The molecule has 0 amide bonds. The van der Waals surface area contributed by atoms with Crippen LogP contribution in [0.1, 0.15) is 11.7 Å². The van der Waals surface area contributed by atoms with Gasteiger partial charge in [-0.1, -0.05) is 18.2 Å². The second kappa shape index (κ2) is 3.15. The molecule has 0 aliphatic heterocycles. The van der Waals surface area contributed by atoms with Gasteiger partial charge in [-0.2, -0.15) is 0 Å². The number of nitrogens with zero attached hydrogens (tertiary/aromatic N) is 1. The van der Waals surface area contributed by atoms with Gasteiger partial charge in [0.25, 0.3) is 0 Å². The molecule has 0 aliphatic rings. The summed E-state index contributed by atoms with van der Waals surface area (Å²) in [6, 6.07) is 9.50. The third-order valence-corrected chi connectivity index (χ3v) is 2.04. The smallest absolute Gasteiger partial charge is 0.0798 e. The van der Waals surface area contributed by atoms with Crippen LogP contribution in [0.3, 0.4) is 0 Å². The van der Waals surface area contributed by atoms with Gasteiger partial charge in [-0.15, -0.1) is 0 Å². The molecule has 65 valence electrons. The van der Waals surface area contributed by atoms with E-state index in [0.29, 0.717) is 0 Å². The van der Waals surface area contributed by atoms with Crippen LogP contribution in [0.25, 0.3) is 10.9 Å². The van der Waals surface area contributed by atoms with Crippen molar-refractivity contribution in [1.82, 2.24) is 4.98 Å². The predicted octanol–water partition coefficient (Wildman–Crippen LogP) is 2.10. The van der Waals surface area contributed by atoms with Crippen LogP contribution in [0, 0.1) is 6.92 Å². The van der Waals surface area contributed by atoms with Gasteiger partial charge in [0.05, 0.1) is 11.6 Å². The number of hydrogen-bond acceptors (Lipinski definition) is 2. The number of hydrogen-bond donors (Lipinski definition) is 1. The average molecular weight is 172 g/mol. The second-order valence-corrected chi connectivity index (χ2v) is 2.93. The summed E-state index contributed by atoms with van der Waals surface area (Å²) >= 11 is 0. The van der Waals surface area contributed by atoms with Crippen LogP contribution in [0.5, 0.6) is 0 Å². The molecule has 0 spiro atoms. The molecule has 2 heteroatoms. The lowest BCUT2D eigenvalue weighted by Crippen LogP contribution is -1.93. The Morgan fingerprint density at radius 3 is 2.77 bits per heavy atom. The van der Waals surface area contributed by atoms with E-state index in [2.05, 4.69) is 11.9 Å². The first kappa shape index (κ1) is 8.20. The molecule has 2 aromatic rings. The number of aliphatic hydroxyl groups is 1. The zero-order chi connectivity index (χ0) is 9.26. The fourth-order valence-electron chi connectivity index (χ4n) is 1.41. The van der Waals surface area contributed by atoms with Crippen LogP contribution in [-0.2, 0) is 0 Å². The Kier molecular flexibility index (Phi) is 1.99. The van der Waals surface area contributed by atoms with Crippen molar-refractivity contribution in [3.63, 3.8) is 0 Å². The van der Waals surface area contributed by atoms with E-state index in [9.17, 15) is 5.11 Å². The number of benzene rings is 1. The first-order valence-electron chi connectivity index (χ1n) is 4.14. The summed E-state index contributed by atoms with van der Waals surface area (Å²) in [6.07, 6.45) is 0.999. The molecule has 13 heavy (non-hydrogen) atoms. The third kappa shape index (κ3) is 1.40. The summed E-state index contributed by atoms with van der Waals surface area (Å²) in [4.78, 5) is 4.19. The maximum absolute atomic E-state index is 9.38. The Bertz CT molecular complexity index is 418. The summed E-state index contributed by atoms with van der Waals surface area (Å²) in [5.41, 5.74) is 1.72. The fourth-order valence-corrected chi connectivity index (χ4v) is 1.41. The second-order valence-electron chi connectivity index (χ2n) is 2.93. The number of pyridine rings is 1. The topological polar surface area (TPSA) is 33.1 Å². The largest absolute Gasteiger partial charge is 0.388 e. The van der Waals surface area contributed by atoms with Crippen molar-refractivity contribution in [3.8, 4) is 0 Å². The Balaban J connectivity index is 2.76. The van der Waals surface area contributed by atoms with Gasteiger partial charge in [-0.05, 0) is 24.6 Å². The Labute approximate surface area is 76.9 Å². The van der Waals surface area contributed by atoms with Crippen LogP contribution in [-0.4, -0.2) is 10.1 Å². The summed E-state index contributed by atoms with van der Waals surface area (Å²) in [7, 11) is 0. The van der Waals surface area contributed by atoms with Gasteiger partial charge in [0.15, 0.2) is 0 Å². The maximum Gasteiger partial charge on any atom is 0.0798 e. The summed E-state index contributed by atoms with van der Waals surface area (Å²) in [5, 5.41) is 10.3. The molecule has 1 aromatic heterocycles. The fraction of sp³-hybridized carbons (Fsp3) is 0.0909. The van der Waals surface area contributed by atoms with Crippen molar-refractivity contribution in [1.29, 1.82) is 0 Å².